The number of benzene rings is 1. The minimum absolute atomic E-state index is 0.106. The van der Waals surface area contributed by atoms with E-state index in [1.165, 1.54) is 17.7 Å². The zero-order chi connectivity index (χ0) is 21.3. The van der Waals surface area contributed by atoms with Crippen molar-refractivity contribution in [1.29, 1.82) is 0 Å². The van der Waals surface area contributed by atoms with Gasteiger partial charge in [-0.25, -0.2) is 4.79 Å². The van der Waals surface area contributed by atoms with E-state index in [1.807, 2.05) is 0 Å². The Labute approximate surface area is 172 Å². The number of pyridine rings is 1. The maximum atomic E-state index is 13.3. The average Bonchev–Trinajstić information content (AvgIpc) is 3.23. The van der Waals surface area contributed by atoms with E-state index in [1.54, 1.807) is 12.1 Å². The first-order valence-electron chi connectivity index (χ1n) is 9.98. The van der Waals surface area contributed by atoms with Crippen molar-refractivity contribution in [3.05, 3.63) is 34.1 Å². The van der Waals surface area contributed by atoms with E-state index in [0.717, 1.165) is 0 Å². The molecule has 9 heteroatoms. The number of nitrogens with zero attached hydrogens (tertiary/aromatic N) is 1. The number of aromatic nitrogens is 1. The standard InChI is InChI=1S/C21H24N2O7/c1-28-15-5-4-13-12-14(18(24)22-21(20(26)27)6-2-3-7-21)19(25)23-8-9-29-10-11-30-17(15)16(13)23/h4-5,12H,2-3,6-11H2,1H3,(H,22,24)(H,26,27). The van der Waals surface area contributed by atoms with Gasteiger partial charge in [-0.1, -0.05) is 12.8 Å². The molecule has 0 bridgehead atoms. The van der Waals surface area contributed by atoms with Gasteiger partial charge in [-0.3, -0.25) is 9.59 Å². The lowest BCUT2D eigenvalue weighted by Gasteiger charge is -2.25. The van der Waals surface area contributed by atoms with Gasteiger partial charge in [0.1, 0.15) is 17.7 Å². The van der Waals surface area contributed by atoms with Gasteiger partial charge in [-0.2, -0.15) is 0 Å². The monoisotopic (exact) mass is 416 g/mol. The number of carboxylic acids is 1. The number of ether oxygens (including phenoxy) is 3. The Kier molecular flexibility index (Phi) is 5.38. The van der Waals surface area contributed by atoms with Crippen molar-refractivity contribution >= 4 is 22.8 Å². The Bertz CT molecular complexity index is 1050. The lowest BCUT2D eigenvalue weighted by molar-refractivity contribution is -0.144. The van der Waals surface area contributed by atoms with Crippen LogP contribution in [0.3, 0.4) is 0 Å². The topological polar surface area (TPSA) is 116 Å². The lowest BCUT2D eigenvalue weighted by Crippen LogP contribution is -2.53. The highest BCUT2D eigenvalue weighted by Gasteiger charge is 2.43. The summed E-state index contributed by atoms with van der Waals surface area (Å²) in [5.74, 6) is -0.865. The molecule has 2 N–H and O–H groups in total. The van der Waals surface area contributed by atoms with Gasteiger partial charge >= 0.3 is 5.97 Å². The Morgan fingerprint density at radius 1 is 1.20 bits per heavy atom. The minimum Gasteiger partial charge on any atom is -0.493 e. The molecule has 0 saturated heterocycles. The molecule has 0 atom stereocenters. The summed E-state index contributed by atoms with van der Waals surface area (Å²) >= 11 is 0. The van der Waals surface area contributed by atoms with Crippen molar-refractivity contribution in [2.24, 2.45) is 0 Å². The van der Waals surface area contributed by atoms with Crippen LogP contribution in [0.25, 0.3) is 10.9 Å². The molecule has 1 aromatic heterocycles. The van der Waals surface area contributed by atoms with E-state index in [4.69, 9.17) is 14.2 Å². The summed E-state index contributed by atoms with van der Waals surface area (Å²) in [6.45, 7) is 1.16. The van der Waals surface area contributed by atoms with Crippen LogP contribution in [-0.2, 0) is 16.1 Å². The van der Waals surface area contributed by atoms with Crippen LogP contribution in [0.1, 0.15) is 36.0 Å². The minimum atomic E-state index is -1.33. The van der Waals surface area contributed by atoms with Crippen molar-refractivity contribution in [1.82, 2.24) is 9.88 Å². The summed E-state index contributed by atoms with van der Waals surface area (Å²) in [4.78, 5) is 38.1. The molecule has 9 nitrogen and oxygen atoms in total. The summed E-state index contributed by atoms with van der Waals surface area (Å²) in [5, 5.41) is 12.9. The average molecular weight is 416 g/mol. The van der Waals surface area contributed by atoms with Crippen LogP contribution in [0, 0.1) is 0 Å². The Morgan fingerprint density at radius 2 is 1.97 bits per heavy atom. The van der Waals surface area contributed by atoms with Crippen molar-refractivity contribution in [3.8, 4) is 11.5 Å². The molecule has 1 amide bonds. The molecule has 2 aromatic rings. The first-order valence-corrected chi connectivity index (χ1v) is 9.98. The van der Waals surface area contributed by atoms with Crippen LogP contribution >= 0.6 is 0 Å². The predicted octanol–water partition coefficient (Wildman–Crippen LogP) is 1.55. The Balaban J connectivity index is 1.85. The fourth-order valence-electron chi connectivity index (χ4n) is 4.22. The van der Waals surface area contributed by atoms with Gasteiger partial charge in [-0.15, -0.1) is 0 Å². The molecule has 1 aromatic carbocycles. The molecule has 1 fully saturated rings. The van der Waals surface area contributed by atoms with Gasteiger partial charge in [0, 0.05) is 11.9 Å². The second-order valence-electron chi connectivity index (χ2n) is 7.56. The second-order valence-corrected chi connectivity index (χ2v) is 7.56. The van der Waals surface area contributed by atoms with Gasteiger partial charge < -0.3 is 29.2 Å². The summed E-state index contributed by atoms with van der Waals surface area (Å²) < 4.78 is 18.2. The zero-order valence-corrected chi connectivity index (χ0v) is 16.7. The van der Waals surface area contributed by atoms with Gasteiger partial charge in [0.15, 0.2) is 11.5 Å². The highest BCUT2D eigenvalue weighted by atomic mass is 16.5. The summed E-state index contributed by atoms with van der Waals surface area (Å²) in [6, 6.07) is 4.94. The van der Waals surface area contributed by atoms with E-state index in [0.29, 0.717) is 61.3 Å². The molecule has 4 rings (SSSR count). The smallest absolute Gasteiger partial charge is 0.329 e. The van der Waals surface area contributed by atoms with Gasteiger partial charge in [0.25, 0.3) is 11.5 Å². The first-order chi connectivity index (χ1) is 14.5. The molecule has 0 radical (unpaired) electrons. The van der Waals surface area contributed by atoms with Crippen LogP contribution in [0.4, 0.5) is 0 Å². The fourth-order valence-corrected chi connectivity index (χ4v) is 4.22. The number of carboxylic acid groups (broad SMARTS) is 1. The van der Waals surface area contributed by atoms with Crippen LogP contribution in [0.15, 0.2) is 23.0 Å². The lowest BCUT2D eigenvalue weighted by atomic mass is 9.97. The van der Waals surface area contributed by atoms with Crippen LogP contribution in [0.2, 0.25) is 0 Å². The number of amides is 1. The Morgan fingerprint density at radius 3 is 2.67 bits per heavy atom. The predicted molar refractivity (Wildman–Crippen MR) is 107 cm³/mol. The molecule has 1 saturated carbocycles. The third-order valence-electron chi connectivity index (χ3n) is 5.79. The third-order valence-corrected chi connectivity index (χ3v) is 5.79. The fraction of sp³-hybridized carbons (Fsp3) is 0.476. The van der Waals surface area contributed by atoms with Gasteiger partial charge in [-0.05, 0) is 31.0 Å². The first kappa shape index (κ1) is 20.2. The molecular formula is C21H24N2O7. The molecule has 2 heterocycles. The molecule has 30 heavy (non-hydrogen) atoms. The SMILES string of the molecule is COc1ccc2cc(C(=O)NC3(C(=O)O)CCCC3)c(=O)n3c2c1OCCOCC3. The Hall–Kier alpha value is -3.07. The van der Waals surface area contributed by atoms with E-state index in [-0.39, 0.29) is 18.7 Å². The number of rotatable bonds is 4. The molecule has 1 aliphatic carbocycles. The molecule has 1 aliphatic heterocycles. The van der Waals surface area contributed by atoms with Crippen molar-refractivity contribution in [2.45, 2.75) is 37.8 Å². The maximum Gasteiger partial charge on any atom is 0.329 e. The number of carbonyl (C=O) groups is 2. The zero-order valence-electron chi connectivity index (χ0n) is 16.7. The van der Waals surface area contributed by atoms with Crippen LogP contribution in [0.5, 0.6) is 11.5 Å². The van der Waals surface area contributed by atoms with Gasteiger partial charge in [0.05, 0.1) is 25.8 Å². The molecule has 0 spiro atoms. The van der Waals surface area contributed by atoms with Crippen molar-refractivity contribution in [2.75, 3.05) is 26.9 Å². The highest BCUT2D eigenvalue weighted by Crippen LogP contribution is 2.36. The van der Waals surface area contributed by atoms with E-state index < -0.39 is 23.0 Å². The summed E-state index contributed by atoms with van der Waals surface area (Å²) in [6.07, 6.45) is 2.12. The van der Waals surface area contributed by atoms with E-state index >= 15 is 0 Å². The normalized spacial score (nSPS) is 18.0. The number of aliphatic carboxylic acids is 1. The largest absolute Gasteiger partial charge is 0.493 e. The van der Waals surface area contributed by atoms with Crippen LogP contribution < -0.4 is 20.3 Å². The summed E-state index contributed by atoms with van der Waals surface area (Å²) in [7, 11) is 1.52. The maximum absolute atomic E-state index is 13.3. The van der Waals surface area contributed by atoms with Crippen molar-refractivity contribution in [3.63, 3.8) is 0 Å². The number of methoxy groups -OCH3 is 1. The number of hydrogen-bond donors (Lipinski definition) is 2. The quantitative estimate of drug-likeness (QED) is 0.777. The molecule has 0 unspecified atom stereocenters. The van der Waals surface area contributed by atoms with E-state index in [2.05, 4.69) is 5.32 Å². The third kappa shape index (κ3) is 3.39. The summed E-state index contributed by atoms with van der Waals surface area (Å²) in [5.41, 5.74) is -1.44. The van der Waals surface area contributed by atoms with Crippen LogP contribution in [-0.4, -0.2) is 54.0 Å². The number of nitrogens with one attached hydrogen (secondary N) is 1. The molecule has 160 valence electrons. The number of carbonyl (C=O) groups excluding carboxylic acids is 1. The van der Waals surface area contributed by atoms with E-state index in [9.17, 15) is 19.5 Å². The molecule has 2 aliphatic rings. The second kappa shape index (κ2) is 7.98. The molecular weight excluding hydrogens is 392 g/mol. The van der Waals surface area contributed by atoms with Crippen molar-refractivity contribution < 1.29 is 28.9 Å². The van der Waals surface area contributed by atoms with Gasteiger partial charge in [0.2, 0.25) is 0 Å². The highest BCUT2D eigenvalue weighted by molar-refractivity contribution is 6.01. The number of hydrogen-bond acceptors (Lipinski definition) is 6.